The maximum absolute atomic E-state index is 12.4. The second-order valence-corrected chi connectivity index (χ2v) is 6.03. The molecule has 7 heteroatoms. The Morgan fingerprint density at radius 1 is 1.38 bits per heavy atom. The van der Waals surface area contributed by atoms with Crippen molar-refractivity contribution in [1.82, 2.24) is 14.9 Å². The number of amides is 1. The summed E-state index contributed by atoms with van der Waals surface area (Å²) < 4.78 is 0. The van der Waals surface area contributed by atoms with Crippen LogP contribution in [0.25, 0.3) is 0 Å². The molecule has 24 heavy (non-hydrogen) atoms. The number of rotatable bonds is 5. The predicted octanol–water partition coefficient (Wildman–Crippen LogP) is 2.59. The number of Topliss-reactive ketones (excluding diaryl/α,β-unsaturated/α-hetero) is 1. The first-order chi connectivity index (χ1) is 11.5. The molecule has 0 spiro atoms. The summed E-state index contributed by atoms with van der Waals surface area (Å²) in [6.07, 6.45) is 3.78. The van der Waals surface area contributed by atoms with E-state index in [4.69, 9.17) is 11.6 Å². The van der Waals surface area contributed by atoms with E-state index in [0.717, 1.165) is 11.3 Å². The molecule has 0 saturated heterocycles. The lowest BCUT2D eigenvalue weighted by Gasteiger charge is -2.26. The van der Waals surface area contributed by atoms with Gasteiger partial charge in [0.25, 0.3) is 5.91 Å². The molecule has 124 valence electrons. The van der Waals surface area contributed by atoms with E-state index in [1.54, 1.807) is 36.8 Å². The summed E-state index contributed by atoms with van der Waals surface area (Å²) in [5.74, 6) is -1.35. The Balaban J connectivity index is 1.95. The van der Waals surface area contributed by atoms with Gasteiger partial charge in [0.2, 0.25) is 0 Å². The standard InChI is InChI=1S/C17H16ClN3O3/c1-10(22)14-15(11-2-4-12(18)5-3-11)21(17(24)16(14)23)7-6-13-8-19-9-20-13/h2-5,8-9,15,23H,6-7H2,1H3,(H,19,20)/t15-/m0/s1. The van der Waals surface area contributed by atoms with E-state index < -0.39 is 17.7 Å². The maximum Gasteiger partial charge on any atom is 0.290 e. The lowest BCUT2D eigenvalue weighted by atomic mass is 9.96. The summed E-state index contributed by atoms with van der Waals surface area (Å²) in [5.41, 5.74) is 1.71. The molecule has 2 aromatic rings. The highest BCUT2D eigenvalue weighted by atomic mass is 35.5. The van der Waals surface area contributed by atoms with Crippen molar-refractivity contribution in [3.8, 4) is 0 Å². The first-order valence-electron chi connectivity index (χ1n) is 7.46. The summed E-state index contributed by atoms with van der Waals surface area (Å²) in [5, 5.41) is 10.7. The fraction of sp³-hybridized carbons (Fsp3) is 0.235. The van der Waals surface area contributed by atoms with E-state index >= 15 is 0 Å². The molecule has 1 aromatic carbocycles. The Labute approximate surface area is 143 Å². The largest absolute Gasteiger partial charge is 0.503 e. The summed E-state index contributed by atoms with van der Waals surface area (Å²) in [7, 11) is 0. The smallest absolute Gasteiger partial charge is 0.290 e. The molecule has 1 aliphatic rings. The van der Waals surface area contributed by atoms with Crippen LogP contribution in [0.4, 0.5) is 0 Å². The number of carbonyl (C=O) groups excluding carboxylic acids is 2. The van der Waals surface area contributed by atoms with E-state index in [0.29, 0.717) is 18.0 Å². The van der Waals surface area contributed by atoms with Gasteiger partial charge in [0.15, 0.2) is 11.5 Å². The Hall–Kier alpha value is -2.60. The zero-order valence-electron chi connectivity index (χ0n) is 13.0. The summed E-state index contributed by atoms with van der Waals surface area (Å²) in [6.45, 7) is 1.69. The molecule has 1 atom stereocenters. The van der Waals surface area contributed by atoms with Gasteiger partial charge in [-0.25, -0.2) is 4.98 Å². The SMILES string of the molecule is CC(=O)C1=C(O)C(=O)N(CCc2cnc[nH]2)[C@H]1c1ccc(Cl)cc1. The van der Waals surface area contributed by atoms with Crippen LogP contribution in [0.1, 0.15) is 24.2 Å². The van der Waals surface area contributed by atoms with Crippen LogP contribution < -0.4 is 0 Å². The summed E-state index contributed by atoms with van der Waals surface area (Å²) >= 11 is 5.92. The van der Waals surface area contributed by atoms with Gasteiger partial charge in [-0.05, 0) is 24.6 Å². The molecule has 0 radical (unpaired) electrons. The van der Waals surface area contributed by atoms with E-state index in [1.165, 1.54) is 11.8 Å². The molecular formula is C17H16ClN3O3. The molecule has 2 N–H and O–H groups in total. The number of ketones is 1. The molecule has 1 amide bonds. The van der Waals surface area contributed by atoms with E-state index in [2.05, 4.69) is 9.97 Å². The molecule has 0 bridgehead atoms. The maximum atomic E-state index is 12.4. The lowest BCUT2D eigenvalue weighted by Crippen LogP contribution is -2.33. The van der Waals surface area contributed by atoms with Crippen molar-refractivity contribution < 1.29 is 14.7 Å². The van der Waals surface area contributed by atoms with Crippen molar-refractivity contribution in [3.05, 3.63) is 64.4 Å². The number of imidazole rings is 1. The van der Waals surface area contributed by atoms with Crippen molar-refractivity contribution in [2.45, 2.75) is 19.4 Å². The van der Waals surface area contributed by atoms with Crippen LogP contribution in [0.15, 0.2) is 48.1 Å². The van der Waals surface area contributed by atoms with Crippen LogP contribution in [-0.4, -0.2) is 38.2 Å². The number of nitrogens with zero attached hydrogens (tertiary/aromatic N) is 2. The van der Waals surface area contributed by atoms with Crippen molar-refractivity contribution in [2.24, 2.45) is 0 Å². The van der Waals surface area contributed by atoms with Gasteiger partial charge in [-0.2, -0.15) is 0 Å². The number of nitrogens with one attached hydrogen (secondary N) is 1. The number of H-pyrrole nitrogens is 1. The fourth-order valence-electron chi connectivity index (χ4n) is 2.90. The van der Waals surface area contributed by atoms with Gasteiger partial charge >= 0.3 is 0 Å². The summed E-state index contributed by atoms with van der Waals surface area (Å²) in [4.78, 5) is 32.9. The second kappa shape index (κ2) is 6.49. The number of aromatic nitrogens is 2. The molecule has 1 aliphatic heterocycles. The number of halogens is 1. The second-order valence-electron chi connectivity index (χ2n) is 5.60. The number of carbonyl (C=O) groups is 2. The van der Waals surface area contributed by atoms with Gasteiger partial charge in [0.05, 0.1) is 17.9 Å². The van der Waals surface area contributed by atoms with Crippen molar-refractivity contribution in [1.29, 1.82) is 0 Å². The molecular weight excluding hydrogens is 330 g/mol. The minimum Gasteiger partial charge on any atom is -0.503 e. The van der Waals surface area contributed by atoms with Gasteiger partial charge in [-0.3, -0.25) is 9.59 Å². The van der Waals surface area contributed by atoms with Gasteiger partial charge in [-0.1, -0.05) is 23.7 Å². The van der Waals surface area contributed by atoms with E-state index in [1.807, 2.05) is 0 Å². The monoisotopic (exact) mass is 345 g/mol. The zero-order valence-corrected chi connectivity index (χ0v) is 13.7. The van der Waals surface area contributed by atoms with Crippen molar-refractivity contribution >= 4 is 23.3 Å². The minimum absolute atomic E-state index is 0.118. The predicted molar refractivity (Wildman–Crippen MR) is 88.5 cm³/mol. The third-order valence-corrected chi connectivity index (χ3v) is 4.30. The minimum atomic E-state index is -0.616. The van der Waals surface area contributed by atoms with Crippen LogP contribution in [0, 0.1) is 0 Å². The molecule has 0 fully saturated rings. The first kappa shape index (κ1) is 16.3. The Morgan fingerprint density at radius 2 is 2.08 bits per heavy atom. The Morgan fingerprint density at radius 3 is 2.67 bits per heavy atom. The number of aliphatic hydroxyl groups is 1. The number of aliphatic hydroxyl groups excluding tert-OH is 1. The van der Waals surface area contributed by atoms with E-state index in [-0.39, 0.29) is 11.4 Å². The fourth-order valence-corrected chi connectivity index (χ4v) is 3.02. The van der Waals surface area contributed by atoms with Gasteiger partial charge in [0, 0.05) is 29.9 Å². The highest BCUT2D eigenvalue weighted by molar-refractivity contribution is 6.30. The lowest BCUT2D eigenvalue weighted by molar-refractivity contribution is -0.129. The summed E-state index contributed by atoms with van der Waals surface area (Å²) in [6, 6.07) is 6.29. The molecule has 6 nitrogen and oxygen atoms in total. The van der Waals surface area contributed by atoms with Crippen LogP contribution in [0.5, 0.6) is 0 Å². The number of hydrogen-bond acceptors (Lipinski definition) is 4. The highest BCUT2D eigenvalue weighted by Crippen LogP contribution is 2.37. The highest BCUT2D eigenvalue weighted by Gasteiger charge is 2.42. The Bertz CT molecular complexity index is 797. The number of benzene rings is 1. The molecule has 0 unspecified atom stereocenters. The van der Waals surface area contributed by atoms with Crippen molar-refractivity contribution in [2.75, 3.05) is 6.54 Å². The molecule has 3 rings (SSSR count). The average molecular weight is 346 g/mol. The third-order valence-electron chi connectivity index (χ3n) is 4.05. The number of aromatic amines is 1. The van der Waals surface area contributed by atoms with Crippen LogP contribution >= 0.6 is 11.6 Å². The van der Waals surface area contributed by atoms with Gasteiger partial charge < -0.3 is 15.0 Å². The normalized spacial score (nSPS) is 17.7. The third kappa shape index (κ3) is 2.92. The van der Waals surface area contributed by atoms with E-state index in [9.17, 15) is 14.7 Å². The first-order valence-corrected chi connectivity index (χ1v) is 7.84. The topological polar surface area (TPSA) is 86.3 Å². The average Bonchev–Trinajstić information content (AvgIpc) is 3.14. The zero-order chi connectivity index (χ0) is 17.3. The number of hydrogen-bond donors (Lipinski definition) is 2. The molecule has 0 aliphatic carbocycles. The van der Waals surface area contributed by atoms with Crippen LogP contribution in [0.2, 0.25) is 5.02 Å². The quantitative estimate of drug-likeness (QED) is 0.872. The molecule has 0 saturated carbocycles. The molecule has 1 aromatic heterocycles. The van der Waals surface area contributed by atoms with Crippen molar-refractivity contribution in [3.63, 3.8) is 0 Å². The van der Waals surface area contributed by atoms with Gasteiger partial charge in [-0.15, -0.1) is 0 Å². The Kier molecular flexibility index (Phi) is 4.40. The van der Waals surface area contributed by atoms with Gasteiger partial charge in [0.1, 0.15) is 0 Å². The van der Waals surface area contributed by atoms with Crippen LogP contribution in [-0.2, 0) is 16.0 Å². The molecule has 2 heterocycles. The van der Waals surface area contributed by atoms with Crippen LogP contribution in [0.3, 0.4) is 0 Å².